The second-order valence-electron chi connectivity index (χ2n) is 6.66. The first kappa shape index (κ1) is 22.4. The second-order valence-corrected chi connectivity index (χ2v) is 6.66. The average molecular weight is 420 g/mol. The van der Waals surface area contributed by atoms with Crippen molar-refractivity contribution in [2.75, 3.05) is 46.1 Å². The molecular weight excluding hydrogens is 394 g/mol. The van der Waals surface area contributed by atoms with Gasteiger partial charge in [-0.15, -0.1) is 12.4 Å². The van der Waals surface area contributed by atoms with E-state index in [0.717, 1.165) is 5.56 Å². The lowest BCUT2D eigenvalue weighted by Crippen LogP contribution is -2.51. The SMILES string of the molecule is COc1ccc(C(=O)N2CCN(C(=O)Cc3ccc(N)cc3)CC2)c(OC)c1.Cl. The highest BCUT2D eigenvalue weighted by molar-refractivity contribution is 5.97. The van der Waals surface area contributed by atoms with Crippen LogP contribution in [0.5, 0.6) is 11.5 Å². The fourth-order valence-electron chi connectivity index (χ4n) is 3.23. The van der Waals surface area contributed by atoms with Crippen molar-refractivity contribution in [2.45, 2.75) is 6.42 Å². The molecule has 2 aromatic carbocycles. The standard InChI is InChI=1S/C21H25N3O4.ClH/c1-27-17-7-8-18(19(14-17)28-2)21(26)24-11-9-23(10-12-24)20(25)13-15-3-5-16(22)6-4-15;/h3-8,14H,9-13,22H2,1-2H3;1H. The van der Waals surface area contributed by atoms with E-state index >= 15 is 0 Å². The molecule has 0 bridgehead atoms. The zero-order valence-corrected chi connectivity index (χ0v) is 17.4. The largest absolute Gasteiger partial charge is 0.497 e. The number of ether oxygens (including phenoxy) is 2. The Morgan fingerprint density at radius 1 is 0.931 bits per heavy atom. The van der Waals surface area contributed by atoms with Crippen LogP contribution in [0.3, 0.4) is 0 Å². The van der Waals surface area contributed by atoms with Gasteiger partial charge in [-0.05, 0) is 29.8 Å². The quantitative estimate of drug-likeness (QED) is 0.751. The molecule has 0 radical (unpaired) electrons. The number of amides is 2. The van der Waals surface area contributed by atoms with Crippen LogP contribution >= 0.6 is 12.4 Å². The third kappa shape index (κ3) is 5.32. The second kappa shape index (κ2) is 10.0. The van der Waals surface area contributed by atoms with Gasteiger partial charge in [-0.1, -0.05) is 12.1 Å². The van der Waals surface area contributed by atoms with Crippen molar-refractivity contribution < 1.29 is 19.1 Å². The van der Waals surface area contributed by atoms with Gasteiger partial charge >= 0.3 is 0 Å². The fourth-order valence-corrected chi connectivity index (χ4v) is 3.23. The number of halogens is 1. The Kier molecular flexibility index (Phi) is 7.73. The molecule has 1 saturated heterocycles. The molecule has 3 rings (SSSR count). The highest BCUT2D eigenvalue weighted by Gasteiger charge is 2.26. The number of nitrogen functional groups attached to an aromatic ring is 1. The van der Waals surface area contributed by atoms with E-state index in [0.29, 0.717) is 55.3 Å². The third-order valence-corrected chi connectivity index (χ3v) is 4.89. The number of carbonyl (C=O) groups excluding carboxylic acids is 2. The van der Waals surface area contributed by atoms with Gasteiger partial charge in [-0.2, -0.15) is 0 Å². The van der Waals surface area contributed by atoms with Crippen molar-refractivity contribution in [3.63, 3.8) is 0 Å². The van der Waals surface area contributed by atoms with Crippen LogP contribution in [-0.2, 0) is 11.2 Å². The van der Waals surface area contributed by atoms with Gasteiger partial charge in [0, 0.05) is 37.9 Å². The lowest BCUT2D eigenvalue weighted by molar-refractivity contribution is -0.131. The van der Waals surface area contributed by atoms with Gasteiger partial charge in [-0.25, -0.2) is 0 Å². The number of anilines is 1. The van der Waals surface area contributed by atoms with Crippen molar-refractivity contribution in [3.05, 3.63) is 53.6 Å². The van der Waals surface area contributed by atoms with E-state index in [4.69, 9.17) is 15.2 Å². The smallest absolute Gasteiger partial charge is 0.257 e. The summed E-state index contributed by atoms with van der Waals surface area (Å²) in [6.07, 6.45) is 0.334. The normalized spacial score (nSPS) is 13.4. The van der Waals surface area contributed by atoms with Crippen LogP contribution in [0.25, 0.3) is 0 Å². The van der Waals surface area contributed by atoms with Gasteiger partial charge in [0.05, 0.1) is 26.2 Å². The summed E-state index contributed by atoms with van der Waals surface area (Å²) in [5, 5.41) is 0. The van der Waals surface area contributed by atoms with Gasteiger partial charge in [0.25, 0.3) is 5.91 Å². The fraction of sp³-hybridized carbons (Fsp3) is 0.333. The molecule has 0 unspecified atom stereocenters. The van der Waals surface area contributed by atoms with E-state index in [1.54, 1.807) is 47.2 Å². The number of piperazine rings is 1. The molecule has 0 aliphatic carbocycles. The number of hydrogen-bond donors (Lipinski definition) is 1. The Bertz CT molecular complexity index is 850. The van der Waals surface area contributed by atoms with Crippen LogP contribution in [-0.4, -0.2) is 62.0 Å². The highest BCUT2D eigenvalue weighted by Crippen LogP contribution is 2.26. The van der Waals surface area contributed by atoms with E-state index in [9.17, 15) is 9.59 Å². The molecule has 156 valence electrons. The maximum absolute atomic E-state index is 12.9. The summed E-state index contributed by atoms with van der Waals surface area (Å²) in [6.45, 7) is 2.00. The maximum atomic E-state index is 12.9. The number of hydrogen-bond acceptors (Lipinski definition) is 5. The number of methoxy groups -OCH3 is 2. The number of nitrogens with two attached hydrogens (primary N) is 1. The predicted molar refractivity (Wildman–Crippen MR) is 114 cm³/mol. The minimum absolute atomic E-state index is 0. The molecule has 0 saturated carbocycles. The molecule has 0 atom stereocenters. The summed E-state index contributed by atoms with van der Waals surface area (Å²) in [4.78, 5) is 28.9. The minimum atomic E-state index is -0.106. The summed E-state index contributed by atoms with van der Waals surface area (Å²) in [5.74, 6) is 1.06. The number of benzene rings is 2. The number of nitrogens with zero attached hydrogens (tertiary/aromatic N) is 2. The van der Waals surface area contributed by atoms with E-state index in [1.807, 2.05) is 12.1 Å². The molecule has 0 spiro atoms. The molecule has 2 N–H and O–H groups in total. The van der Waals surface area contributed by atoms with Crippen LogP contribution in [0.4, 0.5) is 5.69 Å². The Labute approximate surface area is 176 Å². The molecule has 1 aliphatic heterocycles. The van der Waals surface area contributed by atoms with E-state index in [2.05, 4.69) is 0 Å². The summed E-state index contributed by atoms with van der Waals surface area (Å²) < 4.78 is 10.5. The first-order valence-electron chi connectivity index (χ1n) is 9.15. The van der Waals surface area contributed by atoms with Gasteiger partial charge in [0.2, 0.25) is 5.91 Å². The molecular formula is C21H26ClN3O4. The zero-order chi connectivity index (χ0) is 20.1. The van der Waals surface area contributed by atoms with Crippen molar-refractivity contribution in [2.24, 2.45) is 0 Å². The summed E-state index contributed by atoms with van der Waals surface area (Å²) in [7, 11) is 3.09. The van der Waals surface area contributed by atoms with Gasteiger partial charge < -0.3 is 25.0 Å². The molecule has 1 aliphatic rings. The highest BCUT2D eigenvalue weighted by atomic mass is 35.5. The van der Waals surface area contributed by atoms with E-state index in [-0.39, 0.29) is 24.2 Å². The molecule has 2 aromatic rings. The lowest BCUT2D eigenvalue weighted by Gasteiger charge is -2.35. The lowest BCUT2D eigenvalue weighted by atomic mass is 10.1. The van der Waals surface area contributed by atoms with Crippen molar-refractivity contribution in [1.82, 2.24) is 9.80 Å². The maximum Gasteiger partial charge on any atom is 0.257 e. The number of carbonyl (C=O) groups is 2. The van der Waals surface area contributed by atoms with Gasteiger partial charge in [-0.3, -0.25) is 9.59 Å². The topological polar surface area (TPSA) is 85.1 Å². The molecule has 7 nitrogen and oxygen atoms in total. The van der Waals surface area contributed by atoms with Crippen LogP contribution in [0.2, 0.25) is 0 Å². The minimum Gasteiger partial charge on any atom is -0.497 e. The molecule has 0 aromatic heterocycles. The van der Waals surface area contributed by atoms with E-state index < -0.39 is 0 Å². The number of rotatable bonds is 5. The van der Waals surface area contributed by atoms with Gasteiger partial charge in [0.15, 0.2) is 0 Å². The van der Waals surface area contributed by atoms with E-state index in [1.165, 1.54) is 7.11 Å². The monoisotopic (exact) mass is 419 g/mol. The average Bonchev–Trinajstić information content (AvgIpc) is 2.74. The van der Waals surface area contributed by atoms with Crippen molar-refractivity contribution >= 4 is 29.9 Å². The predicted octanol–water partition coefficient (Wildman–Crippen LogP) is 2.23. The zero-order valence-electron chi connectivity index (χ0n) is 16.6. The summed E-state index contributed by atoms with van der Waals surface area (Å²) in [5.41, 5.74) is 7.78. The van der Waals surface area contributed by atoms with Crippen LogP contribution in [0.15, 0.2) is 42.5 Å². The summed E-state index contributed by atoms with van der Waals surface area (Å²) >= 11 is 0. The molecule has 1 heterocycles. The van der Waals surface area contributed by atoms with Gasteiger partial charge in [0.1, 0.15) is 11.5 Å². The van der Waals surface area contributed by atoms with Crippen molar-refractivity contribution in [1.29, 1.82) is 0 Å². The van der Waals surface area contributed by atoms with Crippen molar-refractivity contribution in [3.8, 4) is 11.5 Å². The van der Waals surface area contributed by atoms with Crippen LogP contribution in [0.1, 0.15) is 15.9 Å². The van der Waals surface area contributed by atoms with Crippen LogP contribution in [0, 0.1) is 0 Å². The molecule has 8 heteroatoms. The first-order chi connectivity index (χ1) is 13.5. The Hall–Kier alpha value is -2.93. The molecule has 29 heavy (non-hydrogen) atoms. The Balaban J connectivity index is 0.00000300. The summed E-state index contributed by atoms with van der Waals surface area (Å²) in [6, 6.07) is 12.5. The van der Waals surface area contributed by atoms with Crippen LogP contribution < -0.4 is 15.2 Å². The third-order valence-electron chi connectivity index (χ3n) is 4.89. The molecule has 2 amide bonds. The molecule has 1 fully saturated rings. The Morgan fingerprint density at radius 3 is 2.14 bits per heavy atom. The first-order valence-corrected chi connectivity index (χ1v) is 9.15. The Morgan fingerprint density at radius 2 is 1.55 bits per heavy atom.